The zero-order valence-electron chi connectivity index (χ0n) is 10.1. The third kappa shape index (κ3) is 2.48. The molecule has 2 aromatic rings. The number of halogens is 5. The molecule has 0 saturated carbocycles. The number of hydrogen-bond acceptors (Lipinski definition) is 1. The molecule has 1 N–H and O–H groups in total. The van der Waals surface area contributed by atoms with Gasteiger partial charge in [-0.15, -0.1) is 0 Å². The van der Waals surface area contributed by atoms with Gasteiger partial charge < -0.3 is 5.11 Å². The Hall–Kier alpha value is -1.68. The maximum atomic E-state index is 13.5. The van der Waals surface area contributed by atoms with E-state index < -0.39 is 43.0 Å². The van der Waals surface area contributed by atoms with Crippen molar-refractivity contribution in [3.8, 4) is 5.75 Å². The molecule has 0 aromatic heterocycles. The minimum Gasteiger partial charge on any atom is -0.507 e. The average Bonchev–Trinajstić information content (AvgIpc) is 2.43. The number of phenolic OH excluding ortho intramolecular Hbond substituents is 1. The Morgan fingerprint density at radius 1 is 0.850 bits per heavy atom. The van der Waals surface area contributed by atoms with E-state index in [2.05, 4.69) is 0 Å². The third-order valence-corrected chi connectivity index (χ3v) is 3.98. The lowest BCUT2D eigenvalue weighted by atomic mass is 10.2. The van der Waals surface area contributed by atoms with Crippen molar-refractivity contribution < 1.29 is 27.1 Å². The first-order valence-electron chi connectivity index (χ1n) is 5.41. The average molecular weight is 306 g/mol. The van der Waals surface area contributed by atoms with Crippen molar-refractivity contribution in [2.24, 2.45) is 0 Å². The predicted octanol–water partition coefficient (Wildman–Crippen LogP) is 3.03. The van der Waals surface area contributed by atoms with Crippen LogP contribution in [0.4, 0.5) is 22.0 Å². The Labute approximate surface area is 112 Å². The van der Waals surface area contributed by atoms with Crippen LogP contribution in [0.2, 0.25) is 0 Å². The lowest BCUT2D eigenvalue weighted by Gasteiger charge is -2.10. The van der Waals surface area contributed by atoms with Gasteiger partial charge in [0.05, 0.1) is 5.30 Å². The fourth-order valence-corrected chi connectivity index (χ4v) is 2.82. The highest BCUT2D eigenvalue weighted by atomic mass is 31.1. The molecule has 106 valence electrons. The SMILES string of the molecule is Cc1ccc(O)c(Pc2c(F)c(F)c(F)c(F)c2F)c1. The fourth-order valence-electron chi connectivity index (χ4n) is 1.60. The number of rotatable bonds is 2. The highest BCUT2D eigenvalue weighted by Crippen LogP contribution is 2.25. The van der Waals surface area contributed by atoms with E-state index in [0.29, 0.717) is 5.56 Å². The Bertz CT molecular complexity index is 658. The van der Waals surface area contributed by atoms with Gasteiger partial charge in [-0.05, 0) is 27.6 Å². The minimum absolute atomic E-state index is 0.105. The van der Waals surface area contributed by atoms with Gasteiger partial charge in [-0.3, -0.25) is 0 Å². The maximum Gasteiger partial charge on any atom is 0.200 e. The van der Waals surface area contributed by atoms with Gasteiger partial charge in [0.15, 0.2) is 23.3 Å². The van der Waals surface area contributed by atoms with Gasteiger partial charge in [0, 0.05) is 5.30 Å². The lowest BCUT2D eigenvalue weighted by Crippen LogP contribution is -2.19. The Morgan fingerprint density at radius 2 is 1.35 bits per heavy atom. The molecule has 0 fully saturated rings. The van der Waals surface area contributed by atoms with Gasteiger partial charge >= 0.3 is 0 Å². The molecule has 1 atom stereocenters. The van der Waals surface area contributed by atoms with Gasteiger partial charge in [-0.1, -0.05) is 11.6 Å². The molecule has 0 bridgehead atoms. The molecule has 0 aliphatic heterocycles. The first kappa shape index (κ1) is 14.7. The standard InChI is InChI=1S/C13H8F5OP/c1-5-2-3-6(19)7(4-5)20-13-11(17)9(15)8(14)10(16)12(13)18/h2-4,19-20H,1H3. The van der Waals surface area contributed by atoms with E-state index in [1.807, 2.05) is 0 Å². The summed E-state index contributed by atoms with van der Waals surface area (Å²) in [4.78, 5) is 0. The van der Waals surface area contributed by atoms with Crippen LogP contribution in [0.1, 0.15) is 5.56 Å². The number of aryl methyl sites for hydroxylation is 1. The molecular formula is C13H8F5OP. The molecule has 20 heavy (non-hydrogen) atoms. The highest BCUT2D eigenvalue weighted by molar-refractivity contribution is 7.55. The summed E-state index contributed by atoms with van der Waals surface area (Å²) in [6, 6.07) is 4.28. The summed E-state index contributed by atoms with van der Waals surface area (Å²) in [6.45, 7) is 1.67. The minimum atomic E-state index is -2.19. The van der Waals surface area contributed by atoms with Crippen LogP contribution >= 0.6 is 8.58 Å². The van der Waals surface area contributed by atoms with Gasteiger partial charge in [-0.25, -0.2) is 22.0 Å². The second-order valence-corrected chi connectivity index (χ2v) is 5.38. The summed E-state index contributed by atoms with van der Waals surface area (Å²) in [7, 11) is -0.888. The largest absolute Gasteiger partial charge is 0.507 e. The summed E-state index contributed by atoms with van der Waals surface area (Å²) >= 11 is 0. The molecule has 0 amide bonds. The maximum absolute atomic E-state index is 13.5. The van der Waals surface area contributed by atoms with E-state index in [-0.39, 0.29) is 11.1 Å². The first-order valence-corrected chi connectivity index (χ1v) is 6.41. The summed E-state index contributed by atoms with van der Waals surface area (Å²) in [5.74, 6) is -10.2. The Balaban J connectivity index is 2.57. The van der Waals surface area contributed by atoms with Crippen LogP contribution in [-0.4, -0.2) is 5.11 Å². The van der Waals surface area contributed by atoms with E-state index in [1.54, 1.807) is 13.0 Å². The lowest BCUT2D eigenvalue weighted by molar-refractivity contribution is 0.384. The van der Waals surface area contributed by atoms with E-state index >= 15 is 0 Å². The summed E-state index contributed by atoms with van der Waals surface area (Å²) in [5.41, 5.74) is 0.689. The molecule has 2 rings (SSSR count). The summed E-state index contributed by atoms with van der Waals surface area (Å²) in [6.07, 6.45) is 0. The zero-order chi connectivity index (χ0) is 15.0. The summed E-state index contributed by atoms with van der Waals surface area (Å²) in [5, 5.41) is 8.73. The second-order valence-electron chi connectivity index (χ2n) is 4.09. The molecular weight excluding hydrogens is 298 g/mol. The molecule has 0 aliphatic rings. The second kappa shape index (κ2) is 5.37. The summed E-state index contributed by atoms with van der Waals surface area (Å²) < 4.78 is 66.1. The van der Waals surface area contributed by atoms with Crippen LogP contribution in [0.5, 0.6) is 5.75 Å². The van der Waals surface area contributed by atoms with Crippen LogP contribution in [0.25, 0.3) is 0 Å². The molecule has 2 aromatic carbocycles. The monoisotopic (exact) mass is 306 g/mol. The van der Waals surface area contributed by atoms with Crippen LogP contribution in [0.15, 0.2) is 18.2 Å². The number of aromatic hydroxyl groups is 1. The smallest absolute Gasteiger partial charge is 0.200 e. The van der Waals surface area contributed by atoms with Crippen molar-refractivity contribution in [2.75, 3.05) is 0 Å². The molecule has 0 aliphatic carbocycles. The molecule has 0 spiro atoms. The zero-order valence-corrected chi connectivity index (χ0v) is 11.1. The Kier molecular flexibility index (Phi) is 3.95. The molecule has 1 unspecified atom stereocenters. The normalized spacial score (nSPS) is 11.5. The Morgan fingerprint density at radius 3 is 1.90 bits per heavy atom. The van der Waals surface area contributed by atoms with Crippen molar-refractivity contribution in [2.45, 2.75) is 6.92 Å². The van der Waals surface area contributed by atoms with E-state index in [4.69, 9.17) is 0 Å². The predicted molar refractivity (Wildman–Crippen MR) is 66.7 cm³/mol. The molecule has 7 heteroatoms. The number of benzene rings is 2. The van der Waals surface area contributed by atoms with Crippen molar-refractivity contribution in [1.82, 2.24) is 0 Å². The van der Waals surface area contributed by atoms with Crippen molar-refractivity contribution in [1.29, 1.82) is 0 Å². The van der Waals surface area contributed by atoms with E-state index in [9.17, 15) is 27.1 Å². The van der Waals surface area contributed by atoms with Gasteiger partial charge in [-0.2, -0.15) is 0 Å². The molecule has 0 heterocycles. The van der Waals surface area contributed by atoms with Crippen LogP contribution in [0.3, 0.4) is 0 Å². The molecule has 1 nitrogen and oxygen atoms in total. The van der Waals surface area contributed by atoms with Crippen LogP contribution in [0, 0.1) is 36.0 Å². The molecule has 0 saturated heterocycles. The van der Waals surface area contributed by atoms with Crippen molar-refractivity contribution in [3.05, 3.63) is 52.8 Å². The molecule has 0 radical (unpaired) electrons. The van der Waals surface area contributed by atoms with Crippen molar-refractivity contribution in [3.63, 3.8) is 0 Å². The fraction of sp³-hybridized carbons (Fsp3) is 0.0769. The first-order chi connectivity index (χ1) is 9.32. The topological polar surface area (TPSA) is 20.2 Å². The highest BCUT2D eigenvalue weighted by Gasteiger charge is 2.26. The van der Waals surface area contributed by atoms with Gasteiger partial charge in [0.25, 0.3) is 0 Å². The van der Waals surface area contributed by atoms with Crippen molar-refractivity contribution >= 4 is 19.2 Å². The number of hydrogen-bond donors (Lipinski definition) is 1. The quantitative estimate of drug-likeness (QED) is 0.391. The third-order valence-electron chi connectivity index (χ3n) is 2.62. The van der Waals surface area contributed by atoms with Gasteiger partial charge in [0.2, 0.25) is 5.82 Å². The number of phenols is 1. The van der Waals surface area contributed by atoms with Crippen LogP contribution < -0.4 is 10.6 Å². The van der Waals surface area contributed by atoms with Crippen LogP contribution in [-0.2, 0) is 0 Å². The van der Waals surface area contributed by atoms with E-state index in [1.165, 1.54) is 12.1 Å². The van der Waals surface area contributed by atoms with Gasteiger partial charge in [0.1, 0.15) is 5.75 Å². The van der Waals surface area contributed by atoms with E-state index in [0.717, 1.165) is 0 Å².